The fourth-order valence-corrected chi connectivity index (χ4v) is 3.24. The van der Waals surface area contributed by atoms with E-state index in [1.807, 2.05) is 55.5 Å². The first-order chi connectivity index (χ1) is 13.7. The minimum absolute atomic E-state index is 0.263. The second-order valence-electron chi connectivity index (χ2n) is 6.57. The van der Waals surface area contributed by atoms with Gasteiger partial charge in [0.2, 0.25) is 0 Å². The fourth-order valence-electron chi connectivity index (χ4n) is 3.24. The van der Waals surface area contributed by atoms with Crippen LogP contribution in [-0.2, 0) is 6.54 Å². The third-order valence-corrected chi connectivity index (χ3v) is 4.66. The number of carbonyl (C=O) groups excluding carboxylic acids is 1. The van der Waals surface area contributed by atoms with E-state index in [0.717, 1.165) is 28.2 Å². The molecule has 4 rings (SSSR count). The molecule has 1 unspecified atom stereocenters. The monoisotopic (exact) mass is 375 g/mol. The molecule has 28 heavy (non-hydrogen) atoms. The normalized spacial score (nSPS) is 12.1. The standard InChI is InChI=1S/C22H21N3O3/c1-15(23-22(26)20-8-5-13-28-20)21-24-18-6-3-4-7-19(18)25(21)14-16-9-11-17(27-2)12-10-16/h3-13,15H,14H2,1-2H3,(H,23,26). The molecule has 0 fully saturated rings. The molecule has 1 amide bonds. The number of amides is 1. The Balaban J connectivity index is 1.67. The van der Waals surface area contributed by atoms with E-state index in [-0.39, 0.29) is 17.7 Å². The van der Waals surface area contributed by atoms with E-state index in [1.165, 1.54) is 6.26 Å². The van der Waals surface area contributed by atoms with Gasteiger partial charge in [0.15, 0.2) is 5.76 Å². The summed E-state index contributed by atoms with van der Waals surface area (Å²) in [5.74, 6) is 1.63. The SMILES string of the molecule is COc1ccc(Cn2c(C(C)NC(=O)c3ccco3)nc3ccccc32)cc1. The van der Waals surface area contributed by atoms with E-state index < -0.39 is 0 Å². The zero-order chi connectivity index (χ0) is 19.5. The molecule has 0 aliphatic rings. The van der Waals surface area contributed by atoms with Gasteiger partial charge in [0, 0.05) is 6.54 Å². The van der Waals surface area contributed by atoms with Crippen molar-refractivity contribution in [1.82, 2.24) is 14.9 Å². The number of hydrogen-bond acceptors (Lipinski definition) is 4. The minimum atomic E-state index is -0.289. The molecule has 4 aromatic rings. The van der Waals surface area contributed by atoms with Crippen LogP contribution in [0.15, 0.2) is 71.3 Å². The van der Waals surface area contributed by atoms with Crippen LogP contribution >= 0.6 is 0 Å². The molecular weight excluding hydrogens is 354 g/mol. The molecule has 1 atom stereocenters. The highest BCUT2D eigenvalue weighted by molar-refractivity contribution is 5.91. The number of methoxy groups -OCH3 is 1. The number of ether oxygens (including phenoxy) is 1. The van der Waals surface area contributed by atoms with Crippen LogP contribution in [0.4, 0.5) is 0 Å². The summed E-state index contributed by atoms with van der Waals surface area (Å²) in [4.78, 5) is 17.2. The van der Waals surface area contributed by atoms with Crippen LogP contribution < -0.4 is 10.1 Å². The Morgan fingerprint density at radius 1 is 1.14 bits per heavy atom. The Morgan fingerprint density at radius 2 is 1.93 bits per heavy atom. The average molecular weight is 375 g/mol. The maximum atomic E-state index is 12.4. The molecule has 142 valence electrons. The maximum Gasteiger partial charge on any atom is 0.287 e. The number of nitrogens with one attached hydrogen (secondary N) is 1. The van der Waals surface area contributed by atoms with Crippen molar-refractivity contribution in [3.63, 3.8) is 0 Å². The lowest BCUT2D eigenvalue weighted by Crippen LogP contribution is -2.28. The van der Waals surface area contributed by atoms with Gasteiger partial charge in [0.05, 0.1) is 30.4 Å². The zero-order valence-corrected chi connectivity index (χ0v) is 15.8. The Hall–Kier alpha value is -3.54. The van der Waals surface area contributed by atoms with Crippen LogP contribution in [0.2, 0.25) is 0 Å². The summed E-state index contributed by atoms with van der Waals surface area (Å²) >= 11 is 0. The molecule has 6 heteroatoms. The van der Waals surface area contributed by atoms with Crippen LogP contribution in [0.5, 0.6) is 5.75 Å². The van der Waals surface area contributed by atoms with Crippen molar-refractivity contribution in [2.45, 2.75) is 19.5 Å². The summed E-state index contributed by atoms with van der Waals surface area (Å²) in [5.41, 5.74) is 3.03. The van der Waals surface area contributed by atoms with Gasteiger partial charge in [0.1, 0.15) is 11.6 Å². The average Bonchev–Trinajstić information content (AvgIpc) is 3.37. The largest absolute Gasteiger partial charge is 0.497 e. The highest BCUT2D eigenvalue weighted by atomic mass is 16.5. The van der Waals surface area contributed by atoms with E-state index in [1.54, 1.807) is 19.2 Å². The zero-order valence-electron chi connectivity index (χ0n) is 15.8. The predicted octanol–water partition coefficient (Wildman–Crippen LogP) is 4.18. The van der Waals surface area contributed by atoms with Gasteiger partial charge in [-0.15, -0.1) is 0 Å². The number of hydrogen-bond donors (Lipinski definition) is 1. The Kier molecular flexibility index (Phi) is 4.85. The highest BCUT2D eigenvalue weighted by Crippen LogP contribution is 2.23. The quantitative estimate of drug-likeness (QED) is 0.549. The second kappa shape index (κ2) is 7.60. The van der Waals surface area contributed by atoms with Crippen LogP contribution in [0.25, 0.3) is 11.0 Å². The van der Waals surface area contributed by atoms with Crippen molar-refractivity contribution in [2.24, 2.45) is 0 Å². The number of imidazole rings is 1. The van der Waals surface area contributed by atoms with Crippen molar-refractivity contribution in [3.05, 3.63) is 84.1 Å². The molecule has 2 aromatic heterocycles. The molecule has 1 N–H and O–H groups in total. The van der Waals surface area contributed by atoms with E-state index in [0.29, 0.717) is 6.54 Å². The van der Waals surface area contributed by atoms with Gasteiger partial charge < -0.3 is 19.0 Å². The molecule has 0 saturated heterocycles. The number of nitrogens with zero attached hydrogens (tertiary/aromatic N) is 2. The Morgan fingerprint density at radius 3 is 2.64 bits per heavy atom. The van der Waals surface area contributed by atoms with Gasteiger partial charge in [-0.1, -0.05) is 24.3 Å². The molecular formula is C22H21N3O3. The number of fused-ring (bicyclic) bond motifs is 1. The van der Waals surface area contributed by atoms with Crippen LogP contribution in [0.3, 0.4) is 0 Å². The topological polar surface area (TPSA) is 69.3 Å². The fraction of sp³-hybridized carbons (Fsp3) is 0.182. The Bertz CT molecular complexity index is 1080. The summed E-state index contributed by atoms with van der Waals surface area (Å²) < 4.78 is 12.6. The molecule has 0 saturated carbocycles. The van der Waals surface area contributed by atoms with E-state index in [4.69, 9.17) is 14.1 Å². The lowest BCUT2D eigenvalue weighted by molar-refractivity contribution is 0.0909. The summed E-state index contributed by atoms with van der Waals surface area (Å²) in [6, 6.07) is 19.0. The summed E-state index contributed by atoms with van der Waals surface area (Å²) in [6.45, 7) is 2.56. The molecule has 0 bridgehead atoms. The van der Waals surface area contributed by atoms with E-state index in [9.17, 15) is 4.79 Å². The first kappa shape index (κ1) is 17.9. The highest BCUT2D eigenvalue weighted by Gasteiger charge is 2.20. The van der Waals surface area contributed by atoms with Crippen LogP contribution in [0.1, 0.15) is 34.9 Å². The van der Waals surface area contributed by atoms with Crippen molar-refractivity contribution in [2.75, 3.05) is 7.11 Å². The number of carbonyl (C=O) groups is 1. The number of furan rings is 1. The summed E-state index contributed by atoms with van der Waals surface area (Å²) in [6.07, 6.45) is 1.48. The van der Waals surface area contributed by atoms with Gasteiger partial charge in [-0.3, -0.25) is 4.79 Å². The van der Waals surface area contributed by atoms with Gasteiger partial charge >= 0.3 is 0 Å². The van der Waals surface area contributed by atoms with Gasteiger partial charge in [-0.25, -0.2) is 4.98 Å². The predicted molar refractivity (Wildman–Crippen MR) is 106 cm³/mol. The molecule has 0 aliphatic carbocycles. The second-order valence-corrected chi connectivity index (χ2v) is 6.57. The van der Waals surface area contributed by atoms with E-state index >= 15 is 0 Å². The van der Waals surface area contributed by atoms with Crippen LogP contribution in [0, 0.1) is 0 Å². The van der Waals surface area contributed by atoms with Gasteiger partial charge in [-0.05, 0) is 48.9 Å². The third-order valence-electron chi connectivity index (χ3n) is 4.66. The number of rotatable bonds is 6. The maximum absolute atomic E-state index is 12.4. The molecule has 6 nitrogen and oxygen atoms in total. The summed E-state index contributed by atoms with van der Waals surface area (Å²) in [5, 5.41) is 2.97. The van der Waals surface area contributed by atoms with Crippen molar-refractivity contribution in [3.8, 4) is 5.75 Å². The minimum Gasteiger partial charge on any atom is -0.497 e. The first-order valence-electron chi connectivity index (χ1n) is 9.08. The third kappa shape index (κ3) is 3.49. The smallest absolute Gasteiger partial charge is 0.287 e. The summed E-state index contributed by atoms with van der Waals surface area (Å²) in [7, 11) is 1.65. The first-order valence-corrected chi connectivity index (χ1v) is 9.08. The molecule has 2 heterocycles. The molecule has 0 spiro atoms. The van der Waals surface area contributed by atoms with Crippen LogP contribution in [-0.4, -0.2) is 22.6 Å². The lowest BCUT2D eigenvalue weighted by atomic mass is 10.2. The number of benzene rings is 2. The number of aromatic nitrogens is 2. The molecule has 2 aromatic carbocycles. The number of para-hydroxylation sites is 2. The van der Waals surface area contributed by atoms with Crippen molar-refractivity contribution in [1.29, 1.82) is 0 Å². The van der Waals surface area contributed by atoms with Gasteiger partial charge in [0.25, 0.3) is 5.91 Å². The lowest BCUT2D eigenvalue weighted by Gasteiger charge is -2.16. The molecule has 0 radical (unpaired) electrons. The van der Waals surface area contributed by atoms with Crippen molar-refractivity contribution < 1.29 is 13.9 Å². The molecule has 0 aliphatic heterocycles. The van der Waals surface area contributed by atoms with Gasteiger partial charge in [-0.2, -0.15) is 0 Å². The van der Waals surface area contributed by atoms with Crippen molar-refractivity contribution >= 4 is 16.9 Å². The van der Waals surface area contributed by atoms with E-state index in [2.05, 4.69) is 9.88 Å². The Labute approximate surface area is 162 Å².